The maximum absolute atomic E-state index is 13.4. The molecule has 1 aliphatic heterocycles. The Bertz CT molecular complexity index is 494. The normalized spacial score (nSPS) is 23.1. The van der Waals surface area contributed by atoms with Gasteiger partial charge >= 0.3 is 5.97 Å². The van der Waals surface area contributed by atoms with Gasteiger partial charge in [-0.25, -0.2) is 9.18 Å². The Morgan fingerprint density at radius 3 is 2.83 bits per heavy atom. The SMILES string of the molecule is O=C(O)[C@@H]1CC(O)CN1C(=O)c1ccncc1F. The van der Waals surface area contributed by atoms with Gasteiger partial charge in [0.2, 0.25) is 0 Å². The van der Waals surface area contributed by atoms with Crippen molar-refractivity contribution in [2.24, 2.45) is 0 Å². The maximum atomic E-state index is 13.4. The fourth-order valence-electron chi connectivity index (χ4n) is 1.98. The lowest BCUT2D eigenvalue weighted by Crippen LogP contribution is -2.40. The molecule has 1 aliphatic rings. The zero-order valence-corrected chi connectivity index (χ0v) is 9.28. The number of amides is 1. The van der Waals surface area contributed by atoms with E-state index in [4.69, 9.17) is 5.11 Å². The van der Waals surface area contributed by atoms with Gasteiger partial charge in [0.05, 0.1) is 17.9 Å². The van der Waals surface area contributed by atoms with E-state index in [9.17, 15) is 19.1 Å². The van der Waals surface area contributed by atoms with Crippen molar-refractivity contribution >= 4 is 11.9 Å². The van der Waals surface area contributed by atoms with Crippen molar-refractivity contribution < 1.29 is 24.2 Å². The van der Waals surface area contributed by atoms with Gasteiger partial charge in [0.25, 0.3) is 5.91 Å². The van der Waals surface area contributed by atoms with Gasteiger partial charge in [0.1, 0.15) is 6.04 Å². The van der Waals surface area contributed by atoms with Crippen LogP contribution in [0.2, 0.25) is 0 Å². The molecule has 0 saturated carbocycles. The monoisotopic (exact) mass is 254 g/mol. The highest BCUT2D eigenvalue weighted by atomic mass is 19.1. The van der Waals surface area contributed by atoms with Gasteiger partial charge in [-0.15, -0.1) is 0 Å². The number of pyridine rings is 1. The van der Waals surface area contributed by atoms with Crippen LogP contribution in [0.25, 0.3) is 0 Å². The van der Waals surface area contributed by atoms with Crippen LogP contribution in [0.3, 0.4) is 0 Å². The highest BCUT2D eigenvalue weighted by Gasteiger charge is 2.39. The van der Waals surface area contributed by atoms with E-state index in [-0.39, 0.29) is 18.5 Å². The lowest BCUT2D eigenvalue weighted by Gasteiger charge is -2.21. The number of likely N-dealkylation sites (tertiary alicyclic amines) is 1. The fraction of sp³-hybridized carbons (Fsp3) is 0.364. The van der Waals surface area contributed by atoms with Gasteiger partial charge in [-0.3, -0.25) is 9.78 Å². The summed E-state index contributed by atoms with van der Waals surface area (Å²) in [5.41, 5.74) is -0.245. The van der Waals surface area contributed by atoms with Crippen molar-refractivity contribution in [2.75, 3.05) is 6.54 Å². The van der Waals surface area contributed by atoms with Crippen LogP contribution in [0.5, 0.6) is 0 Å². The highest BCUT2D eigenvalue weighted by molar-refractivity contribution is 5.97. The number of aliphatic hydroxyl groups is 1. The summed E-state index contributed by atoms with van der Waals surface area (Å²) >= 11 is 0. The average Bonchev–Trinajstić information content (AvgIpc) is 2.71. The van der Waals surface area contributed by atoms with Crippen molar-refractivity contribution in [1.29, 1.82) is 0 Å². The summed E-state index contributed by atoms with van der Waals surface area (Å²) in [6.45, 7) is -0.114. The molecule has 0 spiro atoms. The number of carbonyl (C=O) groups is 2. The molecule has 2 rings (SSSR count). The summed E-state index contributed by atoms with van der Waals surface area (Å²) in [5, 5.41) is 18.4. The summed E-state index contributed by atoms with van der Waals surface area (Å²) in [4.78, 5) is 27.5. The predicted molar refractivity (Wildman–Crippen MR) is 57.3 cm³/mol. The number of hydrogen-bond acceptors (Lipinski definition) is 4. The summed E-state index contributed by atoms with van der Waals surface area (Å²) < 4.78 is 13.4. The number of halogens is 1. The molecule has 1 saturated heterocycles. The van der Waals surface area contributed by atoms with E-state index in [2.05, 4.69) is 4.98 Å². The smallest absolute Gasteiger partial charge is 0.326 e. The molecule has 18 heavy (non-hydrogen) atoms. The molecule has 1 aromatic heterocycles. The predicted octanol–water partition coefficient (Wildman–Crippen LogP) is -0.119. The van der Waals surface area contributed by atoms with Crippen molar-refractivity contribution in [2.45, 2.75) is 18.6 Å². The molecular weight excluding hydrogens is 243 g/mol. The average molecular weight is 254 g/mol. The van der Waals surface area contributed by atoms with Gasteiger partial charge in [0.15, 0.2) is 5.82 Å². The molecule has 2 atom stereocenters. The molecule has 6 nitrogen and oxygen atoms in total. The molecule has 1 fully saturated rings. The Hall–Kier alpha value is -2.02. The van der Waals surface area contributed by atoms with E-state index in [1.807, 2.05) is 0 Å². The standard InChI is InChI=1S/C11H11FN2O4/c12-8-4-13-2-1-7(8)10(16)14-5-6(15)3-9(14)11(17)18/h1-2,4,6,9,15H,3,5H2,(H,17,18)/t6?,9-/m0/s1. The van der Waals surface area contributed by atoms with E-state index in [0.29, 0.717) is 0 Å². The lowest BCUT2D eigenvalue weighted by atomic mass is 10.2. The molecule has 0 aromatic carbocycles. The molecule has 1 aromatic rings. The van der Waals surface area contributed by atoms with Crippen molar-refractivity contribution in [3.63, 3.8) is 0 Å². The number of aromatic nitrogens is 1. The zero-order valence-electron chi connectivity index (χ0n) is 9.28. The van der Waals surface area contributed by atoms with Gasteiger partial charge in [-0.05, 0) is 6.07 Å². The van der Waals surface area contributed by atoms with Crippen LogP contribution < -0.4 is 0 Å². The fourth-order valence-corrected chi connectivity index (χ4v) is 1.98. The molecule has 1 amide bonds. The quantitative estimate of drug-likeness (QED) is 0.767. The Morgan fingerprint density at radius 2 is 2.22 bits per heavy atom. The number of β-amino-alcohol motifs (C(OH)–C–C–N with tert-alkyl or cyclic N) is 1. The number of carbonyl (C=O) groups excluding carboxylic acids is 1. The summed E-state index contributed by atoms with van der Waals surface area (Å²) in [5.74, 6) is -2.78. The van der Waals surface area contributed by atoms with Gasteiger partial charge in [-0.2, -0.15) is 0 Å². The Balaban J connectivity index is 2.28. The van der Waals surface area contributed by atoms with Crippen LogP contribution in [-0.2, 0) is 4.79 Å². The number of hydrogen-bond donors (Lipinski definition) is 2. The second-order valence-corrected chi connectivity index (χ2v) is 4.06. The van der Waals surface area contributed by atoms with Crippen LogP contribution in [0.4, 0.5) is 4.39 Å². The van der Waals surface area contributed by atoms with Gasteiger partial charge in [0, 0.05) is 19.2 Å². The number of carboxylic acids is 1. The largest absolute Gasteiger partial charge is 0.480 e. The van der Waals surface area contributed by atoms with E-state index in [1.165, 1.54) is 12.3 Å². The lowest BCUT2D eigenvalue weighted by molar-refractivity contribution is -0.141. The number of rotatable bonds is 2. The molecule has 1 unspecified atom stereocenters. The van der Waals surface area contributed by atoms with Crippen molar-refractivity contribution in [3.05, 3.63) is 29.8 Å². The van der Waals surface area contributed by atoms with E-state index in [0.717, 1.165) is 11.1 Å². The Labute approximate surface area is 102 Å². The second-order valence-electron chi connectivity index (χ2n) is 4.06. The number of carboxylic acid groups (broad SMARTS) is 1. The topological polar surface area (TPSA) is 90.7 Å². The summed E-state index contributed by atoms with van der Waals surface area (Å²) in [6.07, 6.45) is 1.18. The van der Waals surface area contributed by atoms with Crippen LogP contribution in [-0.4, -0.2) is 50.7 Å². The third kappa shape index (κ3) is 2.17. The minimum atomic E-state index is -1.21. The van der Waals surface area contributed by atoms with Crippen LogP contribution in [0, 0.1) is 5.82 Å². The number of aliphatic carboxylic acids is 1. The molecule has 0 aliphatic carbocycles. The van der Waals surface area contributed by atoms with Crippen molar-refractivity contribution in [1.82, 2.24) is 9.88 Å². The maximum Gasteiger partial charge on any atom is 0.326 e. The van der Waals surface area contributed by atoms with E-state index >= 15 is 0 Å². The third-order valence-corrected chi connectivity index (χ3v) is 2.83. The van der Waals surface area contributed by atoms with Crippen LogP contribution in [0.15, 0.2) is 18.5 Å². The minimum Gasteiger partial charge on any atom is -0.480 e. The first-order chi connectivity index (χ1) is 8.50. The van der Waals surface area contributed by atoms with Crippen molar-refractivity contribution in [3.8, 4) is 0 Å². The molecule has 0 radical (unpaired) electrons. The Kier molecular flexibility index (Phi) is 3.24. The molecule has 2 N–H and O–H groups in total. The molecule has 7 heteroatoms. The Morgan fingerprint density at radius 1 is 1.50 bits per heavy atom. The molecular formula is C11H11FN2O4. The van der Waals surface area contributed by atoms with Crippen LogP contribution in [0.1, 0.15) is 16.8 Å². The first-order valence-corrected chi connectivity index (χ1v) is 5.32. The highest BCUT2D eigenvalue weighted by Crippen LogP contribution is 2.21. The van der Waals surface area contributed by atoms with Crippen LogP contribution >= 0.6 is 0 Å². The second kappa shape index (κ2) is 4.69. The first-order valence-electron chi connectivity index (χ1n) is 5.32. The molecule has 0 bridgehead atoms. The van der Waals surface area contributed by atoms with Gasteiger partial charge < -0.3 is 15.1 Å². The van der Waals surface area contributed by atoms with Gasteiger partial charge in [-0.1, -0.05) is 0 Å². The zero-order chi connectivity index (χ0) is 13.3. The summed E-state index contributed by atoms with van der Waals surface area (Å²) in [6, 6.07) is 0.0569. The number of aliphatic hydroxyl groups excluding tert-OH is 1. The third-order valence-electron chi connectivity index (χ3n) is 2.83. The van der Waals surface area contributed by atoms with E-state index in [1.54, 1.807) is 0 Å². The van der Waals surface area contributed by atoms with E-state index < -0.39 is 29.8 Å². The summed E-state index contributed by atoms with van der Waals surface area (Å²) in [7, 11) is 0. The molecule has 2 heterocycles. The number of nitrogens with zero attached hydrogens (tertiary/aromatic N) is 2. The minimum absolute atomic E-state index is 0.0478. The first kappa shape index (κ1) is 12.4. The molecule has 96 valence electrons.